The third kappa shape index (κ3) is 4.00. The lowest BCUT2D eigenvalue weighted by Crippen LogP contribution is -2.43. The molecule has 0 unspecified atom stereocenters. The number of hydrogen-bond donors (Lipinski definition) is 1. The van der Waals surface area contributed by atoms with Crippen molar-refractivity contribution in [1.82, 2.24) is 10.2 Å². The second-order valence-corrected chi connectivity index (χ2v) is 4.75. The van der Waals surface area contributed by atoms with Crippen molar-refractivity contribution >= 4 is 0 Å². The van der Waals surface area contributed by atoms with E-state index in [1.165, 1.54) is 18.7 Å². The van der Waals surface area contributed by atoms with E-state index in [2.05, 4.69) is 35.3 Å². The molecule has 1 aromatic rings. The van der Waals surface area contributed by atoms with Crippen LogP contribution in [0, 0.1) is 0 Å². The monoisotopic (exact) mass is 248 g/mol. The van der Waals surface area contributed by atoms with Crippen molar-refractivity contribution in [2.75, 3.05) is 39.3 Å². The second-order valence-electron chi connectivity index (χ2n) is 4.75. The molecule has 1 aliphatic heterocycles. The van der Waals surface area contributed by atoms with Crippen LogP contribution in [-0.4, -0.2) is 44.2 Å². The molecule has 1 fully saturated rings. The Kier molecular flexibility index (Phi) is 5.49. The summed E-state index contributed by atoms with van der Waals surface area (Å²) in [5, 5.41) is 3.37. The third-order valence-electron chi connectivity index (χ3n) is 3.44. The molecular weight excluding hydrogens is 224 g/mol. The first kappa shape index (κ1) is 13.4. The van der Waals surface area contributed by atoms with E-state index in [0.29, 0.717) is 0 Å². The van der Waals surface area contributed by atoms with E-state index in [1.807, 2.05) is 6.07 Å². The van der Waals surface area contributed by atoms with Crippen LogP contribution in [0.5, 0.6) is 5.75 Å². The lowest BCUT2D eigenvalue weighted by molar-refractivity contribution is 0.213. The molecule has 18 heavy (non-hydrogen) atoms. The van der Waals surface area contributed by atoms with Gasteiger partial charge in [0.05, 0.1) is 6.61 Å². The van der Waals surface area contributed by atoms with Gasteiger partial charge in [-0.15, -0.1) is 0 Å². The Morgan fingerprint density at radius 3 is 2.78 bits per heavy atom. The predicted octanol–water partition coefficient (Wildman–Crippen LogP) is 1.92. The number of hydrogen-bond acceptors (Lipinski definition) is 3. The summed E-state index contributed by atoms with van der Waals surface area (Å²) in [5.41, 5.74) is 1.31. The number of rotatable bonds is 6. The molecule has 0 aromatic heterocycles. The maximum atomic E-state index is 5.88. The first-order chi connectivity index (χ1) is 8.90. The number of ether oxygens (including phenoxy) is 1. The fourth-order valence-electron chi connectivity index (χ4n) is 2.34. The molecule has 1 aromatic carbocycles. The molecule has 1 aliphatic rings. The highest BCUT2D eigenvalue weighted by Crippen LogP contribution is 2.18. The third-order valence-corrected chi connectivity index (χ3v) is 3.44. The molecule has 0 aliphatic carbocycles. The van der Waals surface area contributed by atoms with E-state index in [-0.39, 0.29) is 0 Å². The van der Waals surface area contributed by atoms with E-state index in [4.69, 9.17) is 4.74 Å². The Hall–Kier alpha value is -1.06. The van der Waals surface area contributed by atoms with Gasteiger partial charge in [-0.2, -0.15) is 0 Å². The molecule has 0 saturated carbocycles. The van der Waals surface area contributed by atoms with Gasteiger partial charge in [0.15, 0.2) is 0 Å². The molecule has 3 heteroatoms. The van der Waals surface area contributed by atoms with Crippen LogP contribution in [0.25, 0.3) is 0 Å². The van der Waals surface area contributed by atoms with Gasteiger partial charge in [0.25, 0.3) is 0 Å². The smallest absolute Gasteiger partial charge is 0.122 e. The molecule has 1 heterocycles. The Morgan fingerprint density at radius 2 is 2.00 bits per heavy atom. The quantitative estimate of drug-likeness (QED) is 0.779. The zero-order valence-electron chi connectivity index (χ0n) is 11.3. The molecular formula is C15H24N2O. The summed E-state index contributed by atoms with van der Waals surface area (Å²) in [4.78, 5) is 2.51. The fourth-order valence-corrected chi connectivity index (χ4v) is 2.34. The van der Waals surface area contributed by atoms with Crippen LogP contribution in [0.3, 0.4) is 0 Å². The van der Waals surface area contributed by atoms with Gasteiger partial charge in [0.2, 0.25) is 0 Å². The topological polar surface area (TPSA) is 24.5 Å². The maximum absolute atomic E-state index is 5.88. The second kappa shape index (κ2) is 7.39. The average Bonchev–Trinajstić information content (AvgIpc) is 2.45. The van der Waals surface area contributed by atoms with Gasteiger partial charge in [-0.25, -0.2) is 0 Å². The number of piperazine rings is 1. The Labute approximate surface area is 110 Å². The average molecular weight is 248 g/mol. The van der Waals surface area contributed by atoms with E-state index >= 15 is 0 Å². The first-order valence-corrected chi connectivity index (χ1v) is 7.04. The van der Waals surface area contributed by atoms with E-state index in [9.17, 15) is 0 Å². The summed E-state index contributed by atoms with van der Waals surface area (Å²) in [6.45, 7) is 8.73. The van der Waals surface area contributed by atoms with E-state index < -0.39 is 0 Å². The highest BCUT2D eigenvalue weighted by atomic mass is 16.5. The van der Waals surface area contributed by atoms with Gasteiger partial charge < -0.3 is 15.0 Å². The van der Waals surface area contributed by atoms with Crippen molar-refractivity contribution in [1.29, 1.82) is 0 Å². The molecule has 0 amide bonds. The van der Waals surface area contributed by atoms with Crippen LogP contribution in [0.4, 0.5) is 0 Å². The predicted molar refractivity (Wildman–Crippen MR) is 75.2 cm³/mol. The van der Waals surface area contributed by atoms with Gasteiger partial charge in [0, 0.05) is 32.7 Å². The Bertz CT molecular complexity index is 348. The van der Waals surface area contributed by atoms with Crippen molar-refractivity contribution in [3.8, 4) is 5.75 Å². The van der Waals surface area contributed by atoms with Crippen LogP contribution >= 0.6 is 0 Å². The van der Waals surface area contributed by atoms with Crippen LogP contribution in [-0.2, 0) is 6.42 Å². The van der Waals surface area contributed by atoms with Gasteiger partial charge in [0.1, 0.15) is 5.75 Å². The highest BCUT2D eigenvalue weighted by Gasteiger charge is 2.08. The zero-order valence-corrected chi connectivity index (χ0v) is 11.3. The van der Waals surface area contributed by atoms with Gasteiger partial charge in [-0.05, 0) is 24.5 Å². The standard InChI is InChI=1S/C15H24N2O/c1-2-14-6-3-4-7-15(14)18-13-5-10-17-11-8-16-9-12-17/h3-4,6-7,16H,2,5,8-13H2,1H3. The van der Waals surface area contributed by atoms with Crippen LogP contribution in [0.1, 0.15) is 18.9 Å². The van der Waals surface area contributed by atoms with Crippen molar-refractivity contribution < 1.29 is 4.74 Å². The fraction of sp³-hybridized carbons (Fsp3) is 0.600. The zero-order chi connectivity index (χ0) is 12.6. The lowest BCUT2D eigenvalue weighted by atomic mass is 10.1. The molecule has 0 atom stereocenters. The molecule has 0 radical (unpaired) electrons. The van der Waals surface area contributed by atoms with Crippen LogP contribution < -0.4 is 10.1 Å². The van der Waals surface area contributed by atoms with Gasteiger partial charge in [-0.1, -0.05) is 25.1 Å². The highest BCUT2D eigenvalue weighted by molar-refractivity contribution is 5.33. The van der Waals surface area contributed by atoms with Crippen LogP contribution in [0.2, 0.25) is 0 Å². The van der Waals surface area contributed by atoms with Crippen molar-refractivity contribution in [3.05, 3.63) is 29.8 Å². The summed E-state index contributed by atoms with van der Waals surface area (Å²) in [7, 11) is 0. The Morgan fingerprint density at radius 1 is 1.22 bits per heavy atom. The molecule has 1 saturated heterocycles. The minimum atomic E-state index is 0.820. The lowest BCUT2D eigenvalue weighted by Gasteiger charge is -2.27. The minimum absolute atomic E-state index is 0.820. The van der Waals surface area contributed by atoms with Crippen LogP contribution in [0.15, 0.2) is 24.3 Å². The van der Waals surface area contributed by atoms with E-state index in [0.717, 1.165) is 44.8 Å². The number of nitrogens with zero attached hydrogens (tertiary/aromatic N) is 1. The SMILES string of the molecule is CCc1ccccc1OCCCN1CCNCC1. The van der Waals surface area contributed by atoms with E-state index in [1.54, 1.807) is 0 Å². The summed E-state index contributed by atoms with van der Waals surface area (Å²) in [5.74, 6) is 1.06. The largest absolute Gasteiger partial charge is 0.493 e. The number of aryl methyl sites for hydroxylation is 1. The molecule has 0 bridgehead atoms. The minimum Gasteiger partial charge on any atom is -0.493 e. The first-order valence-electron chi connectivity index (χ1n) is 7.04. The van der Waals surface area contributed by atoms with Crippen molar-refractivity contribution in [2.45, 2.75) is 19.8 Å². The molecule has 1 N–H and O–H groups in total. The molecule has 100 valence electrons. The van der Waals surface area contributed by atoms with Crippen molar-refractivity contribution in [3.63, 3.8) is 0 Å². The number of nitrogens with one attached hydrogen (secondary N) is 1. The summed E-state index contributed by atoms with van der Waals surface area (Å²) < 4.78 is 5.88. The summed E-state index contributed by atoms with van der Waals surface area (Å²) in [6, 6.07) is 8.34. The van der Waals surface area contributed by atoms with Gasteiger partial charge >= 0.3 is 0 Å². The number of benzene rings is 1. The normalized spacial score (nSPS) is 16.7. The molecule has 0 spiro atoms. The van der Waals surface area contributed by atoms with Gasteiger partial charge in [-0.3, -0.25) is 0 Å². The Balaban J connectivity index is 1.68. The van der Waals surface area contributed by atoms with Crippen molar-refractivity contribution in [2.24, 2.45) is 0 Å². The summed E-state index contributed by atoms with van der Waals surface area (Å²) >= 11 is 0. The number of para-hydroxylation sites is 1. The molecule has 2 rings (SSSR count). The molecule has 3 nitrogen and oxygen atoms in total. The maximum Gasteiger partial charge on any atom is 0.122 e. The summed E-state index contributed by atoms with van der Waals surface area (Å²) in [6.07, 6.45) is 2.14.